The smallest absolute Gasteiger partial charge is 0.254 e. The lowest BCUT2D eigenvalue weighted by atomic mass is 10.3. The van der Waals surface area contributed by atoms with E-state index < -0.39 is 0 Å². The van der Waals surface area contributed by atoms with Gasteiger partial charge in [0.1, 0.15) is 0 Å². The molecule has 2 aromatic heterocycles. The van der Waals surface area contributed by atoms with E-state index in [1.165, 1.54) is 6.20 Å². The Hall–Kier alpha value is -2.11. The number of hydrogen-bond acceptors (Lipinski definition) is 3. The summed E-state index contributed by atoms with van der Waals surface area (Å²) in [6, 6.07) is 0. The maximum Gasteiger partial charge on any atom is 0.254 e. The van der Waals surface area contributed by atoms with Gasteiger partial charge in [0.25, 0.3) is 5.91 Å². The van der Waals surface area contributed by atoms with Crippen molar-refractivity contribution in [3.05, 3.63) is 36.7 Å². The van der Waals surface area contributed by atoms with E-state index in [1.807, 2.05) is 10.8 Å². The molecule has 2 N–H and O–H groups in total. The molecule has 0 bridgehead atoms. The molecule has 6 heteroatoms. The van der Waals surface area contributed by atoms with Gasteiger partial charge in [0.05, 0.1) is 18.1 Å². The van der Waals surface area contributed by atoms with Crippen LogP contribution in [0.1, 0.15) is 10.4 Å². The van der Waals surface area contributed by atoms with E-state index in [1.54, 1.807) is 18.7 Å². The molecular weight excluding hydrogens is 194 g/mol. The molecule has 0 radical (unpaired) electrons. The highest BCUT2D eigenvalue weighted by atomic mass is 16.1. The number of H-pyrrole nitrogens is 1. The van der Waals surface area contributed by atoms with E-state index in [2.05, 4.69) is 20.5 Å². The molecule has 0 spiro atoms. The quantitative estimate of drug-likeness (QED) is 0.739. The second kappa shape index (κ2) is 4.41. The first-order valence-corrected chi connectivity index (χ1v) is 4.59. The zero-order valence-electron chi connectivity index (χ0n) is 8.05. The maximum absolute atomic E-state index is 11.4. The van der Waals surface area contributed by atoms with Crippen LogP contribution in [-0.2, 0) is 6.54 Å². The summed E-state index contributed by atoms with van der Waals surface area (Å²) in [5.41, 5.74) is 0.542. The largest absolute Gasteiger partial charge is 0.350 e. The zero-order valence-corrected chi connectivity index (χ0v) is 8.05. The van der Waals surface area contributed by atoms with Crippen LogP contribution < -0.4 is 5.32 Å². The third-order valence-electron chi connectivity index (χ3n) is 1.98. The Balaban J connectivity index is 1.77. The molecule has 2 rings (SSSR count). The van der Waals surface area contributed by atoms with Gasteiger partial charge in [-0.05, 0) is 0 Å². The van der Waals surface area contributed by atoms with Crippen molar-refractivity contribution in [2.75, 3.05) is 6.54 Å². The summed E-state index contributed by atoms with van der Waals surface area (Å²) in [4.78, 5) is 15.3. The highest BCUT2D eigenvalue weighted by Crippen LogP contribution is 1.92. The second-order valence-corrected chi connectivity index (χ2v) is 3.04. The van der Waals surface area contributed by atoms with E-state index in [0.717, 1.165) is 0 Å². The molecule has 0 aliphatic carbocycles. The molecule has 0 aromatic carbocycles. The van der Waals surface area contributed by atoms with Crippen molar-refractivity contribution in [3.63, 3.8) is 0 Å². The molecule has 0 unspecified atom stereocenters. The van der Waals surface area contributed by atoms with Gasteiger partial charge < -0.3 is 9.88 Å². The van der Waals surface area contributed by atoms with Crippen molar-refractivity contribution in [2.24, 2.45) is 0 Å². The predicted octanol–water partition coefficient (Wildman–Crippen LogP) is 0.0362. The number of aromatic amines is 1. The van der Waals surface area contributed by atoms with Gasteiger partial charge in [-0.15, -0.1) is 0 Å². The number of carbonyl (C=O) groups is 1. The van der Waals surface area contributed by atoms with Crippen LogP contribution in [0.5, 0.6) is 0 Å². The first-order chi connectivity index (χ1) is 7.36. The van der Waals surface area contributed by atoms with Gasteiger partial charge in [-0.25, -0.2) is 4.98 Å². The van der Waals surface area contributed by atoms with Crippen molar-refractivity contribution in [1.29, 1.82) is 0 Å². The Kier molecular flexibility index (Phi) is 2.77. The van der Waals surface area contributed by atoms with Gasteiger partial charge in [-0.2, -0.15) is 5.10 Å². The van der Waals surface area contributed by atoms with Crippen LogP contribution in [0.3, 0.4) is 0 Å². The van der Waals surface area contributed by atoms with E-state index >= 15 is 0 Å². The van der Waals surface area contributed by atoms with Crippen LogP contribution in [0.2, 0.25) is 0 Å². The van der Waals surface area contributed by atoms with E-state index in [0.29, 0.717) is 18.7 Å². The van der Waals surface area contributed by atoms with Gasteiger partial charge >= 0.3 is 0 Å². The van der Waals surface area contributed by atoms with Gasteiger partial charge in [-0.3, -0.25) is 9.89 Å². The first kappa shape index (κ1) is 9.45. The van der Waals surface area contributed by atoms with Gasteiger partial charge in [0.15, 0.2) is 0 Å². The molecular formula is C9H11N5O. The molecule has 0 aliphatic heterocycles. The lowest BCUT2D eigenvalue weighted by Gasteiger charge is -2.03. The molecule has 1 amide bonds. The Morgan fingerprint density at radius 1 is 1.60 bits per heavy atom. The molecule has 15 heavy (non-hydrogen) atoms. The summed E-state index contributed by atoms with van der Waals surface area (Å²) < 4.78 is 1.90. The highest BCUT2D eigenvalue weighted by molar-refractivity contribution is 5.93. The predicted molar refractivity (Wildman–Crippen MR) is 53.1 cm³/mol. The van der Waals surface area contributed by atoms with Crippen LogP contribution >= 0.6 is 0 Å². The molecule has 6 nitrogen and oxygen atoms in total. The van der Waals surface area contributed by atoms with E-state index in [9.17, 15) is 4.79 Å². The summed E-state index contributed by atoms with van der Waals surface area (Å²) in [5, 5.41) is 9.06. The fraction of sp³-hybridized carbons (Fsp3) is 0.222. The zero-order chi connectivity index (χ0) is 10.5. The van der Waals surface area contributed by atoms with E-state index in [-0.39, 0.29) is 5.91 Å². The number of hydrogen-bond donors (Lipinski definition) is 2. The summed E-state index contributed by atoms with van der Waals surface area (Å²) in [5.74, 6) is -0.121. The van der Waals surface area contributed by atoms with Crippen molar-refractivity contribution in [3.8, 4) is 0 Å². The molecule has 2 aromatic rings. The minimum absolute atomic E-state index is 0.121. The highest BCUT2D eigenvalue weighted by Gasteiger charge is 2.04. The molecule has 0 fully saturated rings. The average molecular weight is 205 g/mol. The fourth-order valence-corrected chi connectivity index (χ4v) is 1.19. The molecule has 0 aliphatic rings. The van der Waals surface area contributed by atoms with E-state index in [4.69, 9.17) is 0 Å². The first-order valence-electron chi connectivity index (χ1n) is 4.59. The lowest BCUT2D eigenvalue weighted by Crippen LogP contribution is -2.26. The average Bonchev–Trinajstić information content (AvgIpc) is 2.90. The van der Waals surface area contributed by atoms with Crippen LogP contribution in [0.25, 0.3) is 0 Å². The Morgan fingerprint density at radius 3 is 3.20 bits per heavy atom. The third-order valence-corrected chi connectivity index (χ3v) is 1.98. The van der Waals surface area contributed by atoms with Crippen LogP contribution in [0, 0.1) is 0 Å². The SMILES string of the molecule is O=C(NCCn1ccnc1)c1cn[nH]c1. The van der Waals surface area contributed by atoms with Gasteiger partial charge in [-0.1, -0.05) is 0 Å². The minimum atomic E-state index is -0.121. The summed E-state index contributed by atoms with van der Waals surface area (Å²) in [6.45, 7) is 1.28. The Bertz CT molecular complexity index is 406. The number of nitrogens with zero attached hydrogens (tertiary/aromatic N) is 3. The Labute approximate surface area is 86.3 Å². The van der Waals surface area contributed by atoms with Crippen molar-refractivity contribution in [1.82, 2.24) is 25.1 Å². The molecule has 2 heterocycles. The Morgan fingerprint density at radius 2 is 2.53 bits per heavy atom. The maximum atomic E-state index is 11.4. The number of nitrogens with one attached hydrogen (secondary N) is 2. The monoisotopic (exact) mass is 205 g/mol. The van der Waals surface area contributed by atoms with Crippen LogP contribution in [0.4, 0.5) is 0 Å². The van der Waals surface area contributed by atoms with Crippen molar-refractivity contribution < 1.29 is 4.79 Å². The third kappa shape index (κ3) is 2.43. The number of amides is 1. The molecule has 78 valence electrons. The lowest BCUT2D eigenvalue weighted by molar-refractivity contribution is 0.0952. The van der Waals surface area contributed by atoms with Crippen molar-refractivity contribution in [2.45, 2.75) is 6.54 Å². The molecule has 0 saturated carbocycles. The normalized spacial score (nSPS) is 10.1. The van der Waals surface area contributed by atoms with Crippen LogP contribution in [0.15, 0.2) is 31.1 Å². The van der Waals surface area contributed by atoms with Crippen molar-refractivity contribution >= 4 is 5.91 Å². The van der Waals surface area contributed by atoms with Gasteiger partial charge in [0, 0.05) is 31.7 Å². The summed E-state index contributed by atoms with van der Waals surface area (Å²) in [7, 11) is 0. The number of rotatable bonds is 4. The summed E-state index contributed by atoms with van der Waals surface area (Å²) >= 11 is 0. The summed E-state index contributed by atoms with van der Waals surface area (Å²) in [6.07, 6.45) is 8.32. The second-order valence-electron chi connectivity index (χ2n) is 3.04. The number of carbonyl (C=O) groups excluding carboxylic acids is 1. The van der Waals surface area contributed by atoms with Crippen LogP contribution in [-0.4, -0.2) is 32.2 Å². The number of aromatic nitrogens is 4. The van der Waals surface area contributed by atoms with Gasteiger partial charge in [0.2, 0.25) is 0 Å². The molecule has 0 saturated heterocycles. The topological polar surface area (TPSA) is 75.6 Å². The minimum Gasteiger partial charge on any atom is -0.350 e. The molecule has 0 atom stereocenters. The standard InChI is InChI=1S/C9H11N5O/c15-9(8-5-12-13-6-8)11-2-4-14-3-1-10-7-14/h1,3,5-7H,2,4H2,(H,11,15)(H,12,13). The fourth-order valence-electron chi connectivity index (χ4n) is 1.19. The number of imidazole rings is 1.